The maximum absolute atomic E-state index is 13.0. The molecule has 0 aliphatic carbocycles. The molecule has 0 N–H and O–H groups in total. The molecule has 0 saturated heterocycles. The van der Waals surface area contributed by atoms with Crippen LogP contribution in [0.5, 0.6) is 0 Å². The van der Waals surface area contributed by atoms with Gasteiger partial charge in [-0.15, -0.1) is 0 Å². The van der Waals surface area contributed by atoms with Crippen LogP contribution in [0, 0.1) is 0 Å². The van der Waals surface area contributed by atoms with Crippen molar-refractivity contribution >= 4 is 17.5 Å². The van der Waals surface area contributed by atoms with Gasteiger partial charge in [-0.05, 0) is 0 Å². The standard InChI is InChI=1S/C17H14ClF3N4O2/c1-24-7-12(18)13(23-24)8-25(9-17(19,20)21)16(26)14-15(27-10-22-14)11-5-3-2-4-6-11/h2-7,10H,8-9H2,1H3. The second-order valence-electron chi connectivity index (χ2n) is 5.77. The van der Waals surface area contributed by atoms with Crippen molar-refractivity contribution in [2.45, 2.75) is 12.7 Å². The van der Waals surface area contributed by atoms with Crippen molar-refractivity contribution in [1.29, 1.82) is 0 Å². The summed E-state index contributed by atoms with van der Waals surface area (Å²) in [6.45, 7) is -1.89. The van der Waals surface area contributed by atoms with Gasteiger partial charge in [0.25, 0.3) is 5.91 Å². The Labute approximate surface area is 157 Å². The maximum Gasteiger partial charge on any atom is 0.406 e. The van der Waals surface area contributed by atoms with Gasteiger partial charge in [0.2, 0.25) is 0 Å². The fourth-order valence-electron chi connectivity index (χ4n) is 2.55. The maximum atomic E-state index is 13.0. The monoisotopic (exact) mass is 398 g/mol. The van der Waals surface area contributed by atoms with Crippen LogP contribution in [0.2, 0.25) is 5.02 Å². The van der Waals surface area contributed by atoms with Crippen molar-refractivity contribution in [3.05, 3.63) is 59.3 Å². The van der Waals surface area contributed by atoms with E-state index in [1.54, 1.807) is 37.4 Å². The molecule has 2 aromatic heterocycles. The number of hydrogen-bond acceptors (Lipinski definition) is 4. The van der Waals surface area contributed by atoms with E-state index >= 15 is 0 Å². The molecule has 3 aromatic rings. The van der Waals surface area contributed by atoms with E-state index in [1.165, 1.54) is 10.9 Å². The quantitative estimate of drug-likeness (QED) is 0.653. The number of benzene rings is 1. The second kappa shape index (κ2) is 7.43. The van der Waals surface area contributed by atoms with Crippen molar-refractivity contribution in [3.63, 3.8) is 0 Å². The molecule has 142 valence electrons. The number of rotatable bonds is 5. The summed E-state index contributed by atoms with van der Waals surface area (Å²) in [5, 5.41) is 4.17. The van der Waals surface area contributed by atoms with Crippen LogP contribution in [-0.4, -0.2) is 38.3 Å². The highest BCUT2D eigenvalue weighted by atomic mass is 35.5. The molecule has 0 fully saturated rings. The van der Waals surface area contributed by atoms with Crippen molar-refractivity contribution in [1.82, 2.24) is 19.7 Å². The van der Waals surface area contributed by atoms with Gasteiger partial charge in [-0.1, -0.05) is 41.9 Å². The van der Waals surface area contributed by atoms with Crippen molar-refractivity contribution in [3.8, 4) is 11.3 Å². The number of carbonyl (C=O) groups excluding carboxylic acids is 1. The average Bonchev–Trinajstić information content (AvgIpc) is 3.20. The van der Waals surface area contributed by atoms with Gasteiger partial charge in [0.1, 0.15) is 12.2 Å². The van der Waals surface area contributed by atoms with Crippen LogP contribution in [0.1, 0.15) is 16.2 Å². The molecule has 1 amide bonds. The smallest absolute Gasteiger partial charge is 0.406 e. The van der Waals surface area contributed by atoms with Gasteiger partial charge >= 0.3 is 6.18 Å². The zero-order valence-electron chi connectivity index (χ0n) is 14.1. The lowest BCUT2D eigenvalue weighted by atomic mass is 10.1. The lowest BCUT2D eigenvalue weighted by molar-refractivity contribution is -0.141. The first-order chi connectivity index (χ1) is 12.7. The number of carbonyl (C=O) groups is 1. The van der Waals surface area contributed by atoms with Crippen LogP contribution < -0.4 is 0 Å². The van der Waals surface area contributed by atoms with Crippen molar-refractivity contribution < 1.29 is 22.4 Å². The zero-order chi connectivity index (χ0) is 19.6. The van der Waals surface area contributed by atoms with E-state index in [-0.39, 0.29) is 22.2 Å². The second-order valence-corrected chi connectivity index (χ2v) is 6.18. The minimum atomic E-state index is -4.60. The summed E-state index contributed by atoms with van der Waals surface area (Å²) in [6.07, 6.45) is -2.14. The van der Waals surface area contributed by atoms with Crippen molar-refractivity contribution in [2.75, 3.05) is 6.54 Å². The number of nitrogens with zero attached hydrogens (tertiary/aromatic N) is 4. The number of aromatic nitrogens is 3. The first-order valence-electron chi connectivity index (χ1n) is 7.77. The molecule has 0 saturated carbocycles. The number of amides is 1. The van der Waals surface area contributed by atoms with E-state index in [0.29, 0.717) is 10.5 Å². The molecule has 0 aliphatic heterocycles. The van der Waals surface area contributed by atoms with E-state index in [2.05, 4.69) is 10.1 Å². The molecule has 10 heteroatoms. The minimum absolute atomic E-state index is 0.0971. The normalized spacial score (nSPS) is 11.6. The van der Waals surface area contributed by atoms with Gasteiger partial charge in [0.05, 0.1) is 11.6 Å². The third-order valence-corrected chi connectivity index (χ3v) is 3.97. The summed E-state index contributed by atoms with van der Waals surface area (Å²) in [5.41, 5.74) is 0.472. The SMILES string of the molecule is Cn1cc(Cl)c(CN(CC(F)(F)F)C(=O)c2ncoc2-c2ccccc2)n1. The molecule has 27 heavy (non-hydrogen) atoms. The van der Waals surface area contributed by atoms with Crippen LogP contribution >= 0.6 is 11.6 Å². The molecule has 0 atom stereocenters. The molecule has 0 aliphatic rings. The van der Waals surface area contributed by atoms with Gasteiger partial charge in [-0.25, -0.2) is 4.98 Å². The Hall–Kier alpha value is -2.81. The molecular weight excluding hydrogens is 385 g/mol. The van der Waals surface area contributed by atoms with Crippen LogP contribution in [0.3, 0.4) is 0 Å². The number of aryl methyl sites for hydroxylation is 1. The van der Waals surface area contributed by atoms with Gasteiger partial charge in [-0.2, -0.15) is 18.3 Å². The fraction of sp³-hybridized carbons (Fsp3) is 0.235. The Morgan fingerprint density at radius 3 is 2.59 bits per heavy atom. The van der Waals surface area contributed by atoms with E-state index < -0.39 is 25.2 Å². The van der Waals surface area contributed by atoms with Crippen LogP contribution in [0.4, 0.5) is 13.2 Å². The predicted octanol–water partition coefficient (Wildman–Crippen LogP) is 3.93. The highest BCUT2D eigenvalue weighted by Gasteiger charge is 2.36. The van der Waals surface area contributed by atoms with Crippen LogP contribution in [0.15, 0.2) is 47.3 Å². The summed E-state index contributed by atoms with van der Waals surface area (Å²) < 4.78 is 45.7. The Morgan fingerprint density at radius 2 is 2.00 bits per heavy atom. The number of alkyl halides is 3. The Kier molecular flexibility index (Phi) is 5.22. The number of oxazole rings is 1. The summed E-state index contributed by atoms with van der Waals surface area (Å²) >= 11 is 5.98. The molecule has 0 spiro atoms. The van der Waals surface area contributed by atoms with Crippen molar-refractivity contribution in [2.24, 2.45) is 7.05 Å². The molecule has 0 unspecified atom stereocenters. The van der Waals surface area contributed by atoms with Gasteiger partial charge in [0, 0.05) is 18.8 Å². The topological polar surface area (TPSA) is 64.2 Å². The van der Waals surface area contributed by atoms with Gasteiger partial charge in [0.15, 0.2) is 17.8 Å². The van der Waals surface area contributed by atoms with E-state index in [1.807, 2.05) is 0 Å². The molecule has 0 radical (unpaired) electrons. The average molecular weight is 399 g/mol. The predicted molar refractivity (Wildman–Crippen MR) is 91.0 cm³/mol. The number of halogens is 4. The summed E-state index contributed by atoms with van der Waals surface area (Å²) in [4.78, 5) is 17.3. The third-order valence-electron chi connectivity index (χ3n) is 3.66. The number of hydrogen-bond donors (Lipinski definition) is 0. The van der Waals surface area contributed by atoms with Crippen LogP contribution in [0.25, 0.3) is 11.3 Å². The zero-order valence-corrected chi connectivity index (χ0v) is 14.8. The minimum Gasteiger partial charge on any atom is -0.443 e. The highest BCUT2D eigenvalue weighted by Crippen LogP contribution is 2.27. The fourth-order valence-corrected chi connectivity index (χ4v) is 2.79. The highest BCUT2D eigenvalue weighted by molar-refractivity contribution is 6.31. The largest absolute Gasteiger partial charge is 0.443 e. The van der Waals surface area contributed by atoms with Gasteiger partial charge in [-0.3, -0.25) is 9.48 Å². The first-order valence-corrected chi connectivity index (χ1v) is 8.15. The molecule has 2 heterocycles. The Bertz CT molecular complexity index is 937. The third kappa shape index (κ3) is 4.48. The molecule has 3 rings (SSSR count). The molecular formula is C17H14ClF3N4O2. The van der Waals surface area contributed by atoms with Crippen LogP contribution in [-0.2, 0) is 13.6 Å². The molecule has 1 aromatic carbocycles. The summed E-state index contributed by atoms with van der Waals surface area (Å²) in [6, 6.07) is 8.53. The van der Waals surface area contributed by atoms with Gasteiger partial charge < -0.3 is 9.32 Å². The van der Waals surface area contributed by atoms with E-state index in [9.17, 15) is 18.0 Å². The summed E-state index contributed by atoms with van der Waals surface area (Å²) in [7, 11) is 1.58. The first kappa shape index (κ1) is 19.0. The Morgan fingerprint density at radius 1 is 1.30 bits per heavy atom. The van der Waals surface area contributed by atoms with E-state index in [4.69, 9.17) is 16.0 Å². The molecule has 6 nitrogen and oxygen atoms in total. The summed E-state index contributed by atoms with van der Waals surface area (Å²) in [5.74, 6) is -0.832. The lowest BCUT2D eigenvalue weighted by Gasteiger charge is -2.22. The van der Waals surface area contributed by atoms with E-state index in [0.717, 1.165) is 6.39 Å². The lowest BCUT2D eigenvalue weighted by Crippen LogP contribution is -2.39. The Balaban J connectivity index is 1.94. The molecule has 0 bridgehead atoms.